The van der Waals surface area contributed by atoms with E-state index in [1.807, 2.05) is 0 Å². The molecule has 0 heterocycles. The molecule has 110 valence electrons. The number of ketones is 1. The summed E-state index contributed by atoms with van der Waals surface area (Å²) in [6, 6.07) is 8.52. The molecule has 21 heavy (non-hydrogen) atoms. The van der Waals surface area contributed by atoms with E-state index in [-0.39, 0.29) is 28.8 Å². The second kappa shape index (κ2) is 6.41. The van der Waals surface area contributed by atoms with Crippen molar-refractivity contribution < 1.29 is 24.9 Å². The summed E-state index contributed by atoms with van der Waals surface area (Å²) in [7, 11) is 1.43. The van der Waals surface area contributed by atoms with Crippen molar-refractivity contribution in [1.82, 2.24) is 0 Å². The molecule has 3 N–H and O–H groups in total. The Morgan fingerprint density at radius 2 is 1.86 bits per heavy atom. The van der Waals surface area contributed by atoms with Crippen LogP contribution in [0.25, 0.3) is 0 Å². The molecule has 0 unspecified atom stereocenters. The van der Waals surface area contributed by atoms with Gasteiger partial charge in [-0.05, 0) is 36.4 Å². The molecule has 0 saturated carbocycles. The molecule has 2 aromatic carbocycles. The molecule has 0 saturated heterocycles. The van der Waals surface area contributed by atoms with Crippen LogP contribution in [0.4, 0.5) is 0 Å². The lowest BCUT2D eigenvalue weighted by Crippen LogP contribution is -2.02. The summed E-state index contributed by atoms with van der Waals surface area (Å²) in [6.07, 6.45) is 0. The lowest BCUT2D eigenvalue weighted by atomic mass is 10.1. The van der Waals surface area contributed by atoms with E-state index >= 15 is 0 Å². The number of hydrogen-bond donors (Lipinski definition) is 3. The Morgan fingerprint density at radius 3 is 2.52 bits per heavy atom. The maximum atomic E-state index is 12.0. The van der Waals surface area contributed by atoms with Crippen molar-refractivity contribution in [2.75, 3.05) is 12.9 Å². The van der Waals surface area contributed by atoms with Gasteiger partial charge in [0.05, 0.1) is 17.8 Å². The number of carbonyl (C=O) groups is 1. The third kappa shape index (κ3) is 3.61. The second-order valence-electron chi connectivity index (χ2n) is 4.25. The van der Waals surface area contributed by atoms with Crippen LogP contribution in [0, 0.1) is 0 Å². The fourth-order valence-electron chi connectivity index (χ4n) is 1.71. The van der Waals surface area contributed by atoms with Crippen LogP contribution in [0.2, 0.25) is 0 Å². The van der Waals surface area contributed by atoms with E-state index in [0.717, 1.165) is 11.8 Å². The van der Waals surface area contributed by atoms with Crippen LogP contribution in [0.5, 0.6) is 23.0 Å². The lowest BCUT2D eigenvalue weighted by molar-refractivity contribution is 0.102. The van der Waals surface area contributed by atoms with Gasteiger partial charge in [-0.1, -0.05) is 0 Å². The second-order valence-corrected chi connectivity index (χ2v) is 5.27. The first-order valence-corrected chi connectivity index (χ1v) is 7.05. The van der Waals surface area contributed by atoms with Crippen LogP contribution >= 0.6 is 11.8 Å². The summed E-state index contributed by atoms with van der Waals surface area (Å²) in [5.74, 6) is 0.0788. The number of aromatic hydroxyl groups is 3. The Balaban J connectivity index is 2.08. The van der Waals surface area contributed by atoms with Crippen LogP contribution in [-0.2, 0) is 0 Å². The quantitative estimate of drug-likeness (QED) is 0.447. The van der Waals surface area contributed by atoms with Crippen LogP contribution in [0.1, 0.15) is 10.4 Å². The van der Waals surface area contributed by atoms with Gasteiger partial charge in [0.1, 0.15) is 11.5 Å². The van der Waals surface area contributed by atoms with Crippen molar-refractivity contribution >= 4 is 17.5 Å². The number of phenolic OH excluding ortho intramolecular Hbond substituents is 3. The average Bonchev–Trinajstić information content (AvgIpc) is 2.47. The summed E-state index contributed by atoms with van der Waals surface area (Å²) in [4.78, 5) is 12.5. The normalized spacial score (nSPS) is 10.3. The van der Waals surface area contributed by atoms with Crippen LogP contribution in [-0.4, -0.2) is 34.0 Å². The van der Waals surface area contributed by atoms with Gasteiger partial charge in [0, 0.05) is 5.56 Å². The maximum absolute atomic E-state index is 12.0. The molecule has 0 fully saturated rings. The topological polar surface area (TPSA) is 87.0 Å². The SMILES string of the molecule is COc1ccc(C(=O)CSc2cc(O)ccc2O)cc1O. The fraction of sp³-hybridized carbons (Fsp3) is 0.133. The Morgan fingerprint density at radius 1 is 1.10 bits per heavy atom. The standard InChI is InChI=1S/C15H14O5S/c1-20-14-5-2-9(6-12(14)18)13(19)8-21-15-7-10(16)3-4-11(15)17/h2-7,16-18H,8H2,1H3. The third-order valence-corrected chi connectivity index (χ3v) is 3.85. The van der Waals surface area contributed by atoms with Crippen molar-refractivity contribution in [3.05, 3.63) is 42.0 Å². The molecule has 2 rings (SSSR count). The minimum Gasteiger partial charge on any atom is -0.508 e. The number of Topliss-reactive ketones (excluding diaryl/α,β-unsaturated/α-hetero) is 1. The summed E-state index contributed by atoms with van der Waals surface area (Å²) in [5, 5.41) is 28.6. The van der Waals surface area contributed by atoms with Crippen LogP contribution < -0.4 is 4.74 Å². The molecule has 6 heteroatoms. The zero-order valence-corrected chi connectivity index (χ0v) is 12.1. The maximum Gasteiger partial charge on any atom is 0.173 e. The number of hydrogen-bond acceptors (Lipinski definition) is 6. The van der Waals surface area contributed by atoms with Crippen molar-refractivity contribution in [2.45, 2.75) is 4.90 Å². The van der Waals surface area contributed by atoms with Crippen molar-refractivity contribution in [3.8, 4) is 23.0 Å². The van der Waals surface area contributed by atoms with Gasteiger partial charge >= 0.3 is 0 Å². The number of carbonyl (C=O) groups excluding carboxylic acids is 1. The van der Waals surface area contributed by atoms with E-state index in [9.17, 15) is 20.1 Å². The average molecular weight is 306 g/mol. The van der Waals surface area contributed by atoms with E-state index < -0.39 is 0 Å². The van der Waals surface area contributed by atoms with E-state index in [1.165, 1.54) is 37.4 Å². The summed E-state index contributed by atoms with van der Waals surface area (Å²) < 4.78 is 4.91. The molecular formula is C15H14O5S. The molecule has 0 amide bonds. The molecule has 5 nitrogen and oxygen atoms in total. The first kappa shape index (κ1) is 15.1. The minimum atomic E-state index is -0.208. The smallest absolute Gasteiger partial charge is 0.173 e. The highest BCUT2D eigenvalue weighted by Gasteiger charge is 2.12. The van der Waals surface area contributed by atoms with Gasteiger partial charge in [-0.3, -0.25) is 4.79 Å². The highest BCUT2D eigenvalue weighted by molar-refractivity contribution is 8.00. The predicted molar refractivity (Wildman–Crippen MR) is 79.5 cm³/mol. The highest BCUT2D eigenvalue weighted by Crippen LogP contribution is 2.32. The molecule has 0 aliphatic heterocycles. The first-order chi connectivity index (χ1) is 10.0. The van der Waals surface area contributed by atoms with Gasteiger partial charge in [-0.25, -0.2) is 0 Å². The van der Waals surface area contributed by atoms with E-state index in [4.69, 9.17) is 4.74 Å². The fourth-order valence-corrected chi connectivity index (χ4v) is 2.58. The first-order valence-electron chi connectivity index (χ1n) is 6.06. The number of ether oxygens (including phenoxy) is 1. The number of benzene rings is 2. The number of rotatable bonds is 5. The third-order valence-electron chi connectivity index (χ3n) is 2.80. The summed E-state index contributed by atoms with van der Waals surface area (Å²) >= 11 is 1.11. The van der Waals surface area contributed by atoms with Gasteiger partial charge < -0.3 is 20.1 Å². The molecule has 0 radical (unpaired) electrons. The highest BCUT2D eigenvalue weighted by atomic mass is 32.2. The van der Waals surface area contributed by atoms with Gasteiger partial charge in [0.15, 0.2) is 17.3 Å². The molecule has 0 aromatic heterocycles. The zero-order chi connectivity index (χ0) is 15.4. The molecule has 0 bridgehead atoms. The molecule has 0 aliphatic rings. The molecule has 0 atom stereocenters. The molecular weight excluding hydrogens is 292 g/mol. The van der Waals surface area contributed by atoms with Gasteiger partial charge in [0.2, 0.25) is 0 Å². The van der Waals surface area contributed by atoms with Crippen molar-refractivity contribution in [2.24, 2.45) is 0 Å². The van der Waals surface area contributed by atoms with Gasteiger partial charge in [0.25, 0.3) is 0 Å². The monoisotopic (exact) mass is 306 g/mol. The van der Waals surface area contributed by atoms with Crippen LogP contribution in [0.15, 0.2) is 41.3 Å². The van der Waals surface area contributed by atoms with Gasteiger partial charge in [-0.2, -0.15) is 0 Å². The Kier molecular flexibility index (Phi) is 4.59. The molecule has 0 spiro atoms. The molecule has 0 aliphatic carbocycles. The van der Waals surface area contributed by atoms with E-state index in [0.29, 0.717) is 16.2 Å². The predicted octanol–water partition coefficient (Wildman–Crippen LogP) is 2.79. The number of thioether (sulfide) groups is 1. The largest absolute Gasteiger partial charge is 0.508 e. The van der Waals surface area contributed by atoms with Gasteiger partial charge in [-0.15, -0.1) is 11.8 Å². The van der Waals surface area contributed by atoms with E-state index in [1.54, 1.807) is 6.07 Å². The molecule has 2 aromatic rings. The Hall–Kier alpha value is -2.34. The van der Waals surface area contributed by atoms with Crippen LogP contribution in [0.3, 0.4) is 0 Å². The Labute approximate surface area is 125 Å². The van der Waals surface area contributed by atoms with Crippen molar-refractivity contribution in [1.29, 1.82) is 0 Å². The summed E-state index contributed by atoms with van der Waals surface area (Å²) in [6.45, 7) is 0. The lowest BCUT2D eigenvalue weighted by Gasteiger charge is -2.07. The number of methoxy groups -OCH3 is 1. The minimum absolute atomic E-state index is 0.00294. The number of phenols is 3. The van der Waals surface area contributed by atoms with E-state index in [2.05, 4.69) is 0 Å². The summed E-state index contributed by atoms with van der Waals surface area (Å²) in [5.41, 5.74) is 0.348. The Bertz CT molecular complexity index is 669. The zero-order valence-electron chi connectivity index (χ0n) is 11.2. The van der Waals surface area contributed by atoms with Crippen molar-refractivity contribution in [3.63, 3.8) is 0 Å².